The molecule has 292 valence electrons. The van der Waals surface area contributed by atoms with E-state index in [9.17, 15) is 37.5 Å². The zero-order chi connectivity index (χ0) is 40.6. The Hall–Kier alpha value is -6.95. The average Bonchev–Trinajstić information content (AvgIpc) is 3.96. The first kappa shape index (κ1) is 39.7. The third-order valence-corrected chi connectivity index (χ3v) is 8.59. The maximum Gasteiger partial charge on any atom is 0.422 e. The summed E-state index contributed by atoms with van der Waals surface area (Å²) in [5.74, 6) is -5.05. The largest absolute Gasteiger partial charge is 0.477 e. The predicted octanol–water partition coefficient (Wildman–Crippen LogP) is 5.72. The Morgan fingerprint density at radius 3 is 2.07 bits per heavy atom. The van der Waals surface area contributed by atoms with E-state index >= 15 is 0 Å². The number of carbonyl (C=O) groups is 4. The Kier molecular flexibility index (Phi) is 12.0. The maximum atomic E-state index is 13.0. The standard InChI is InChI=1S/C38H31ClF3N9O6/c39-26-7-5-25(6-8-26)37(15-16-37)51-35-48-34(49-36(50-35)57-21-38(40,41)42)46-28-11-3-24(4-12-28)30(52)47-29(33(55)56)20-44-31(53)32(54)45-27-9-1-22(2-10-27)19-23-13-17-43-18-14-23/h1-14,17-18H,15-16,19-21H2,(H,44,53)(H,45,54)(H,55,56)(H2,46,48,49,50,51)/b47-29-. The fraction of sp³-hybridized carbons (Fsp3) is 0.184. The van der Waals surface area contributed by atoms with Crippen molar-refractivity contribution in [1.29, 1.82) is 0 Å². The fourth-order valence-corrected chi connectivity index (χ4v) is 5.45. The number of carboxylic acid groups (broad SMARTS) is 1. The molecule has 0 saturated heterocycles. The van der Waals surface area contributed by atoms with Gasteiger partial charge in [0.2, 0.25) is 11.9 Å². The molecule has 2 heterocycles. The second kappa shape index (κ2) is 17.2. The number of anilines is 4. The Morgan fingerprint density at radius 2 is 1.44 bits per heavy atom. The molecule has 0 spiro atoms. The van der Waals surface area contributed by atoms with Gasteiger partial charge in [-0.25, -0.2) is 9.79 Å². The Bertz CT molecular complexity index is 2290. The zero-order valence-electron chi connectivity index (χ0n) is 29.5. The minimum Gasteiger partial charge on any atom is -0.477 e. The number of aliphatic imine (C=N–C) groups is 1. The van der Waals surface area contributed by atoms with Gasteiger partial charge in [-0.1, -0.05) is 35.9 Å². The Labute approximate surface area is 326 Å². The molecule has 2 aromatic heterocycles. The van der Waals surface area contributed by atoms with Gasteiger partial charge in [0.15, 0.2) is 6.61 Å². The molecule has 1 aliphatic carbocycles. The summed E-state index contributed by atoms with van der Waals surface area (Å²) in [6.07, 6.45) is 0.719. The summed E-state index contributed by atoms with van der Waals surface area (Å²) in [6, 6.07) is 22.4. The molecule has 19 heteroatoms. The van der Waals surface area contributed by atoms with Crippen molar-refractivity contribution < 1.29 is 42.2 Å². The van der Waals surface area contributed by atoms with Crippen LogP contribution in [-0.4, -0.2) is 73.8 Å². The van der Waals surface area contributed by atoms with Gasteiger partial charge in [-0.05, 0) is 96.6 Å². The minimum atomic E-state index is -4.66. The van der Waals surface area contributed by atoms with Crippen molar-refractivity contribution in [2.75, 3.05) is 29.1 Å². The van der Waals surface area contributed by atoms with Crippen molar-refractivity contribution in [3.63, 3.8) is 0 Å². The number of alkyl halides is 3. The molecule has 1 saturated carbocycles. The summed E-state index contributed by atoms with van der Waals surface area (Å²) < 4.78 is 43.7. The number of pyridine rings is 1. The van der Waals surface area contributed by atoms with Crippen LogP contribution in [0.15, 0.2) is 102 Å². The molecule has 5 aromatic rings. The van der Waals surface area contributed by atoms with Crippen LogP contribution < -0.4 is 26.0 Å². The quantitative estimate of drug-likeness (QED) is 0.0675. The van der Waals surface area contributed by atoms with Crippen LogP contribution in [0.25, 0.3) is 0 Å². The molecule has 0 unspecified atom stereocenters. The number of nitrogens with one attached hydrogen (secondary N) is 4. The van der Waals surface area contributed by atoms with E-state index in [0.717, 1.165) is 16.7 Å². The van der Waals surface area contributed by atoms with Gasteiger partial charge in [0.25, 0.3) is 5.91 Å². The highest BCUT2D eigenvalue weighted by Crippen LogP contribution is 2.48. The van der Waals surface area contributed by atoms with Gasteiger partial charge >= 0.3 is 30.0 Å². The van der Waals surface area contributed by atoms with Gasteiger partial charge in [0.1, 0.15) is 5.71 Å². The highest BCUT2D eigenvalue weighted by Gasteiger charge is 2.45. The van der Waals surface area contributed by atoms with E-state index in [2.05, 4.69) is 46.2 Å². The number of hydrogen-bond donors (Lipinski definition) is 5. The molecule has 15 nitrogen and oxygen atoms in total. The first-order chi connectivity index (χ1) is 27.2. The summed E-state index contributed by atoms with van der Waals surface area (Å²) in [4.78, 5) is 69.5. The average molecular weight is 802 g/mol. The summed E-state index contributed by atoms with van der Waals surface area (Å²) in [5, 5.41) is 20.7. The number of benzene rings is 3. The van der Waals surface area contributed by atoms with Gasteiger partial charge in [0.05, 0.1) is 12.1 Å². The number of amides is 3. The molecule has 6 rings (SSSR count). The molecular weight excluding hydrogens is 771 g/mol. The van der Waals surface area contributed by atoms with Crippen LogP contribution in [0.2, 0.25) is 5.02 Å². The van der Waals surface area contributed by atoms with Crippen molar-refractivity contribution in [2.24, 2.45) is 4.99 Å². The molecule has 3 aromatic carbocycles. The molecule has 0 aliphatic heterocycles. The number of aliphatic carboxylic acids is 1. The Balaban J connectivity index is 1.07. The summed E-state index contributed by atoms with van der Waals surface area (Å²) in [6.45, 7) is -2.39. The molecule has 5 N–H and O–H groups in total. The van der Waals surface area contributed by atoms with E-state index < -0.39 is 60.3 Å². The molecule has 57 heavy (non-hydrogen) atoms. The van der Waals surface area contributed by atoms with E-state index in [1.807, 2.05) is 24.3 Å². The third-order valence-electron chi connectivity index (χ3n) is 8.34. The second-order valence-corrected chi connectivity index (χ2v) is 13.1. The molecule has 3 amide bonds. The van der Waals surface area contributed by atoms with E-state index in [1.165, 1.54) is 24.3 Å². The Morgan fingerprint density at radius 1 is 0.807 bits per heavy atom. The van der Waals surface area contributed by atoms with Gasteiger partial charge < -0.3 is 31.1 Å². The third kappa shape index (κ3) is 11.3. The maximum absolute atomic E-state index is 13.0. The lowest BCUT2D eigenvalue weighted by Gasteiger charge is -2.19. The van der Waals surface area contributed by atoms with E-state index in [1.54, 1.807) is 48.8 Å². The molecular formula is C38H31ClF3N9O6. The van der Waals surface area contributed by atoms with Crippen LogP contribution in [0.4, 0.5) is 36.4 Å². The van der Waals surface area contributed by atoms with Crippen LogP contribution in [0.3, 0.4) is 0 Å². The van der Waals surface area contributed by atoms with Crippen molar-refractivity contribution in [3.8, 4) is 6.01 Å². The lowest BCUT2D eigenvalue weighted by Crippen LogP contribution is -2.40. The van der Waals surface area contributed by atoms with Crippen LogP contribution in [0, 0.1) is 0 Å². The minimum absolute atomic E-state index is 0.0541. The molecule has 1 fully saturated rings. The van der Waals surface area contributed by atoms with Crippen molar-refractivity contribution in [1.82, 2.24) is 25.3 Å². The van der Waals surface area contributed by atoms with Crippen LogP contribution in [-0.2, 0) is 26.3 Å². The number of carbonyl (C=O) groups excluding carboxylic acids is 3. The lowest BCUT2D eigenvalue weighted by atomic mass is 10.1. The molecule has 0 radical (unpaired) electrons. The molecule has 0 atom stereocenters. The highest BCUT2D eigenvalue weighted by atomic mass is 35.5. The molecule has 1 aliphatic rings. The summed E-state index contributed by atoms with van der Waals surface area (Å²) in [5.41, 5.74) is 2.11. The van der Waals surface area contributed by atoms with E-state index in [0.29, 0.717) is 30.0 Å². The van der Waals surface area contributed by atoms with Crippen molar-refractivity contribution in [3.05, 3.63) is 125 Å². The van der Waals surface area contributed by atoms with Crippen molar-refractivity contribution >= 4 is 64.3 Å². The number of rotatable bonds is 14. The van der Waals surface area contributed by atoms with Gasteiger partial charge in [0, 0.05) is 34.4 Å². The summed E-state index contributed by atoms with van der Waals surface area (Å²) >= 11 is 6.02. The number of hydrogen-bond acceptors (Lipinski definition) is 11. The first-order valence-electron chi connectivity index (χ1n) is 17.0. The van der Waals surface area contributed by atoms with Gasteiger partial charge in [-0.15, -0.1) is 0 Å². The number of carboxylic acids is 1. The predicted molar refractivity (Wildman–Crippen MR) is 202 cm³/mol. The lowest BCUT2D eigenvalue weighted by molar-refractivity contribution is -0.154. The normalized spacial score (nSPS) is 13.2. The van der Waals surface area contributed by atoms with Crippen LogP contribution >= 0.6 is 11.6 Å². The van der Waals surface area contributed by atoms with E-state index in [4.69, 9.17) is 16.3 Å². The van der Waals surface area contributed by atoms with E-state index in [-0.39, 0.29) is 23.1 Å². The van der Waals surface area contributed by atoms with Crippen LogP contribution in [0.5, 0.6) is 6.01 Å². The number of ether oxygens (including phenoxy) is 1. The SMILES string of the molecule is O=C(NC/C(=N/C(=O)c1ccc(Nc2nc(NC3(c4ccc(Cl)cc4)CC3)nc(OCC(F)(F)F)n2)cc1)C(=O)O)C(=O)Nc1ccc(Cc2ccncc2)cc1. The zero-order valence-corrected chi connectivity index (χ0v) is 30.3. The molecule has 0 bridgehead atoms. The van der Waals surface area contributed by atoms with Gasteiger partial charge in [-0.3, -0.25) is 19.4 Å². The van der Waals surface area contributed by atoms with Gasteiger partial charge in [-0.2, -0.15) is 28.1 Å². The number of halogens is 4. The first-order valence-corrected chi connectivity index (χ1v) is 17.4. The highest BCUT2D eigenvalue weighted by molar-refractivity contribution is 6.42. The van der Waals surface area contributed by atoms with Crippen molar-refractivity contribution in [2.45, 2.75) is 31.0 Å². The number of aromatic nitrogens is 4. The number of nitrogens with zero attached hydrogens (tertiary/aromatic N) is 5. The second-order valence-electron chi connectivity index (χ2n) is 12.6. The topological polar surface area (TPSA) is 210 Å². The fourth-order valence-electron chi connectivity index (χ4n) is 5.32. The monoisotopic (exact) mass is 801 g/mol. The summed E-state index contributed by atoms with van der Waals surface area (Å²) in [7, 11) is 0. The van der Waals surface area contributed by atoms with Crippen LogP contribution in [0.1, 0.15) is 39.9 Å². The smallest absolute Gasteiger partial charge is 0.422 e.